The molecule has 0 radical (unpaired) electrons. The van der Waals surface area contributed by atoms with Crippen molar-refractivity contribution in [2.24, 2.45) is 0 Å². The lowest BCUT2D eigenvalue weighted by Crippen LogP contribution is -2.91. The van der Waals surface area contributed by atoms with E-state index in [4.69, 9.17) is 0 Å². The summed E-state index contributed by atoms with van der Waals surface area (Å²) in [7, 11) is -0.802. The highest BCUT2D eigenvalue weighted by molar-refractivity contribution is 7.09. The first-order chi connectivity index (χ1) is 7.39. The third-order valence-electron chi connectivity index (χ3n) is 3.56. The number of nitrogens with zero attached hydrogens (tertiary/aromatic N) is 2. The summed E-state index contributed by atoms with van der Waals surface area (Å²) in [5, 5.41) is 0. The smallest absolute Gasteiger partial charge is 0.183 e. The molecule has 0 aromatic heterocycles. The van der Waals surface area contributed by atoms with Crippen LogP contribution in [0.4, 0.5) is 0 Å². The second-order valence-corrected chi connectivity index (χ2v) is 23.7. The van der Waals surface area contributed by atoms with Crippen molar-refractivity contribution in [3.8, 4) is 0 Å². The lowest BCUT2D eigenvalue weighted by Gasteiger charge is -2.59. The van der Waals surface area contributed by atoms with Gasteiger partial charge >= 0.3 is 0 Å². The molecule has 0 aromatic carbocycles. The maximum absolute atomic E-state index is 4.01. The summed E-state index contributed by atoms with van der Waals surface area (Å²) in [5.41, 5.74) is 0. The van der Waals surface area contributed by atoms with Crippen LogP contribution in [-0.2, 0) is 0 Å². The maximum atomic E-state index is 4.01. The van der Waals surface area contributed by atoms with Crippen molar-refractivity contribution >= 4 is 34.3 Å². The van der Waals surface area contributed by atoms with E-state index in [0.29, 0.717) is 0 Å². The summed E-state index contributed by atoms with van der Waals surface area (Å²) in [6.45, 7) is 17.3. The van der Waals surface area contributed by atoms with E-state index in [1.807, 2.05) is 0 Å². The van der Waals surface area contributed by atoms with Gasteiger partial charge in [-0.2, -0.15) is 0 Å². The van der Waals surface area contributed by atoms with Gasteiger partial charge in [-0.25, -0.2) is 0 Å². The van der Waals surface area contributed by atoms with E-state index in [0.717, 1.165) is 0 Å². The Hall–Kier alpha value is 0.708. The molecule has 1 rings (SSSR count). The SMILES string of the molecule is CN(C)[SiH](C)N1[Si](C)(C)N[Si](C)(C)N[Si]1(C)C. The molecule has 1 atom stereocenters. The highest BCUT2D eigenvalue weighted by Gasteiger charge is 2.53. The molecule has 0 aliphatic carbocycles. The van der Waals surface area contributed by atoms with E-state index < -0.39 is 34.3 Å². The van der Waals surface area contributed by atoms with Crippen LogP contribution >= 0.6 is 0 Å². The van der Waals surface area contributed by atoms with Crippen LogP contribution in [0.3, 0.4) is 0 Å². The zero-order chi connectivity index (χ0) is 13.6. The Morgan fingerprint density at radius 3 is 1.53 bits per heavy atom. The van der Waals surface area contributed by atoms with Gasteiger partial charge in [0.1, 0.15) is 0 Å². The van der Waals surface area contributed by atoms with Crippen LogP contribution < -0.4 is 9.30 Å². The Bertz CT molecular complexity index is 273. The minimum Gasteiger partial charge on any atom is -0.337 e. The topological polar surface area (TPSA) is 30.5 Å². The van der Waals surface area contributed by atoms with Crippen LogP contribution in [0.15, 0.2) is 0 Å². The monoisotopic (exact) mass is 306 g/mol. The van der Waals surface area contributed by atoms with Gasteiger partial charge < -0.3 is 17.8 Å². The average molecular weight is 307 g/mol. The van der Waals surface area contributed by atoms with E-state index in [2.05, 4.69) is 77.7 Å². The highest BCUT2D eigenvalue weighted by atomic mass is 28.5. The fourth-order valence-electron chi connectivity index (χ4n) is 3.55. The minimum atomic E-state index is -1.45. The van der Waals surface area contributed by atoms with Gasteiger partial charge in [-0.15, -0.1) is 0 Å². The van der Waals surface area contributed by atoms with Gasteiger partial charge in [0.15, 0.2) is 34.3 Å². The molecule has 17 heavy (non-hydrogen) atoms. The quantitative estimate of drug-likeness (QED) is 0.745. The van der Waals surface area contributed by atoms with Crippen molar-refractivity contribution in [3.05, 3.63) is 0 Å². The van der Waals surface area contributed by atoms with E-state index >= 15 is 0 Å². The second kappa shape index (κ2) is 4.67. The van der Waals surface area contributed by atoms with E-state index in [1.165, 1.54) is 0 Å². The normalized spacial score (nSPS) is 29.3. The Morgan fingerprint density at radius 2 is 1.24 bits per heavy atom. The molecule has 1 fully saturated rings. The molecule has 0 saturated carbocycles. The summed E-state index contributed by atoms with van der Waals surface area (Å²) in [6.07, 6.45) is 0. The Balaban J connectivity index is 3.10. The van der Waals surface area contributed by atoms with Gasteiger partial charge in [0.25, 0.3) is 0 Å². The summed E-state index contributed by atoms with van der Waals surface area (Å²) in [5.74, 6) is 0. The van der Waals surface area contributed by atoms with Crippen molar-refractivity contribution in [1.82, 2.24) is 17.8 Å². The van der Waals surface area contributed by atoms with Crippen molar-refractivity contribution in [3.63, 3.8) is 0 Å². The third-order valence-corrected chi connectivity index (χ3v) is 27.6. The van der Waals surface area contributed by atoms with E-state index in [-0.39, 0.29) is 0 Å². The van der Waals surface area contributed by atoms with E-state index in [1.54, 1.807) is 0 Å². The van der Waals surface area contributed by atoms with Crippen LogP contribution in [0.25, 0.3) is 0 Å². The first-order valence-electron chi connectivity index (χ1n) is 6.44. The van der Waals surface area contributed by atoms with Crippen LogP contribution in [0.5, 0.6) is 0 Å². The van der Waals surface area contributed by atoms with Crippen LogP contribution in [-0.4, -0.2) is 56.9 Å². The first-order valence-corrected chi connectivity index (χ1v) is 17.5. The molecule has 1 heterocycles. The van der Waals surface area contributed by atoms with Gasteiger partial charge in [0.2, 0.25) is 0 Å². The maximum Gasteiger partial charge on any atom is 0.183 e. The third kappa shape index (κ3) is 3.38. The number of rotatable bonds is 2. The lowest BCUT2D eigenvalue weighted by atomic mass is 11.3. The van der Waals surface area contributed by atoms with Gasteiger partial charge in [0.05, 0.1) is 0 Å². The molecule has 0 amide bonds. The predicted molar refractivity (Wildman–Crippen MR) is 87.3 cm³/mol. The number of nitrogens with one attached hydrogen (secondary N) is 2. The average Bonchev–Trinajstić information content (AvgIpc) is 1.94. The predicted octanol–water partition coefficient (Wildman–Crippen LogP) is 0.999. The van der Waals surface area contributed by atoms with Gasteiger partial charge in [-0.3, -0.25) is 0 Å². The van der Waals surface area contributed by atoms with Crippen LogP contribution in [0, 0.1) is 0 Å². The lowest BCUT2D eigenvalue weighted by molar-refractivity contribution is 0.594. The molecule has 0 aromatic rings. The second-order valence-electron chi connectivity index (χ2n) is 6.96. The molecule has 8 heteroatoms. The summed E-state index contributed by atoms with van der Waals surface area (Å²) in [4.78, 5) is 0. The molecule has 1 aliphatic heterocycles. The summed E-state index contributed by atoms with van der Waals surface area (Å²) in [6, 6.07) is 0. The van der Waals surface area contributed by atoms with Gasteiger partial charge in [-0.1, -0.05) is 0 Å². The summed E-state index contributed by atoms with van der Waals surface area (Å²) >= 11 is 0. The Labute approximate surface area is 112 Å². The minimum absolute atomic E-state index is 0.977. The molecular formula is C9H30N4Si4. The van der Waals surface area contributed by atoms with Crippen molar-refractivity contribution < 1.29 is 0 Å². The number of hydrogen-bond acceptors (Lipinski definition) is 4. The van der Waals surface area contributed by atoms with Crippen molar-refractivity contribution in [2.45, 2.75) is 45.8 Å². The molecule has 0 spiro atoms. The molecule has 1 unspecified atom stereocenters. The zero-order valence-corrected chi connectivity index (χ0v) is 17.1. The van der Waals surface area contributed by atoms with Crippen LogP contribution in [0.1, 0.15) is 0 Å². The Morgan fingerprint density at radius 1 is 0.882 bits per heavy atom. The molecule has 0 bridgehead atoms. The highest BCUT2D eigenvalue weighted by Crippen LogP contribution is 2.25. The molecule has 1 saturated heterocycles. The van der Waals surface area contributed by atoms with Crippen LogP contribution in [0.2, 0.25) is 45.8 Å². The molecule has 102 valence electrons. The summed E-state index contributed by atoms with van der Waals surface area (Å²) < 4.78 is 13.4. The fraction of sp³-hybridized carbons (Fsp3) is 1.00. The number of hydrogen-bond donors (Lipinski definition) is 2. The van der Waals surface area contributed by atoms with Crippen molar-refractivity contribution in [1.29, 1.82) is 0 Å². The first kappa shape index (κ1) is 15.8. The molecule has 2 N–H and O–H groups in total. The Kier molecular flexibility index (Phi) is 4.33. The van der Waals surface area contributed by atoms with Crippen molar-refractivity contribution in [2.75, 3.05) is 14.1 Å². The standard InChI is InChI=1S/C9H30N4Si4/c1-12(2)14(3)13-16(6,7)10-15(4,5)11-17(13,8)9/h10-11,14H,1-9H3. The fourth-order valence-corrected chi connectivity index (χ4v) is 34.6. The molecule has 4 nitrogen and oxygen atoms in total. The van der Waals surface area contributed by atoms with Gasteiger partial charge in [-0.05, 0) is 59.9 Å². The van der Waals surface area contributed by atoms with Gasteiger partial charge in [0, 0.05) is 0 Å². The molecule has 1 aliphatic rings. The zero-order valence-electron chi connectivity index (χ0n) is 13.0. The van der Waals surface area contributed by atoms with E-state index in [9.17, 15) is 0 Å². The largest absolute Gasteiger partial charge is 0.337 e. The molecular weight excluding hydrogens is 276 g/mol.